The Morgan fingerprint density at radius 1 is 0.340 bits per heavy atom. The number of para-hydroxylation sites is 2. The van der Waals surface area contributed by atoms with Crippen molar-refractivity contribution in [2.75, 3.05) is 0 Å². The summed E-state index contributed by atoms with van der Waals surface area (Å²) in [7, 11) is 0. The second-order valence-electron chi connectivity index (χ2n) is 13.6. The Hall–Kier alpha value is -7.17. The molecule has 1 aliphatic rings. The molecule has 0 bridgehead atoms. The van der Waals surface area contributed by atoms with Crippen LogP contribution < -0.4 is 0 Å². The smallest absolute Gasteiger partial charge is 0.164 e. The molecule has 1 aliphatic carbocycles. The monoisotopic (exact) mass is 674 g/mol. The zero-order valence-electron chi connectivity index (χ0n) is 28.6. The van der Waals surface area contributed by atoms with Gasteiger partial charge in [0, 0.05) is 38.7 Å². The summed E-state index contributed by atoms with van der Waals surface area (Å²) in [6.45, 7) is 0. The molecule has 246 valence electrons. The van der Waals surface area contributed by atoms with Crippen molar-refractivity contribution in [1.82, 2.24) is 19.5 Å². The SMILES string of the molecule is c1ccc(-c2nc(-c3ccc4c5ccccc5n(-c5ccccc5)c4c3)nc(-c3ccc(-c4ccccc4)c4c3-c3cccc5cccc-4c35)n2)cc1. The molecular weight excluding hydrogens is 645 g/mol. The number of fused-ring (bicyclic) bond motifs is 6. The number of rotatable bonds is 5. The number of aromatic nitrogens is 4. The van der Waals surface area contributed by atoms with Gasteiger partial charge < -0.3 is 4.57 Å². The first-order chi connectivity index (χ1) is 26.3. The Balaban J connectivity index is 1.18. The fraction of sp³-hybridized carbons (Fsp3) is 0. The first-order valence-electron chi connectivity index (χ1n) is 18.0. The molecule has 0 saturated heterocycles. The molecule has 0 N–H and O–H groups in total. The lowest BCUT2D eigenvalue weighted by molar-refractivity contribution is 1.07. The van der Waals surface area contributed by atoms with Crippen LogP contribution in [-0.4, -0.2) is 19.5 Å². The van der Waals surface area contributed by atoms with Gasteiger partial charge in [-0.15, -0.1) is 0 Å². The average Bonchev–Trinajstić information content (AvgIpc) is 3.75. The van der Waals surface area contributed by atoms with Crippen LogP contribution >= 0.6 is 0 Å². The highest BCUT2D eigenvalue weighted by atomic mass is 15.0. The van der Waals surface area contributed by atoms with E-state index < -0.39 is 0 Å². The minimum atomic E-state index is 0.634. The first-order valence-corrected chi connectivity index (χ1v) is 18.0. The highest BCUT2D eigenvalue weighted by Crippen LogP contribution is 2.54. The van der Waals surface area contributed by atoms with Crippen molar-refractivity contribution in [1.29, 1.82) is 0 Å². The van der Waals surface area contributed by atoms with Crippen molar-refractivity contribution in [2.45, 2.75) is 0 Å². The van der Waals surface area contributed by atoms with E-state index in [-0.39, 0.29) is 0 Å². The minimum Gasteiger partial charge on any atom is -0.309 e. The molecule has 0 saturated carbocycles. The molecule has 4 heteroatoms. The molecule has 0 spiro atoms. The summed E-state index contributed by atoms with van der Waals surface area (Å²) in [4.78, 5) is 15.7. The summed E-state index contributed by atoms with van der Waals surface area (Å²) < 4.78 is 2.33. The van der Waals surface area contributed by atoms with Gasteiger partial charge in [0.2, 0.25) is 0 Å². The Morgan fingerprint density at radius 2 is 0.906 bits per heavy atom. The van der Waals surface area contributed by atoms with E-state index in [1.165, 1.54) is 49.4 Å². The highest BCUT2D eigenvalue weighted by Gasteiger charge is 2.29. The van der Waals surface area contributed by atoms with E-state index >= 15 is 0 Å². The molecule has 11 rings (SSSR count). The molecule has 0 unspecified atom stereocenters. The van der Waals surface area contributed by atoms with Crippen LogP contribution in [0.1, 0.15) is 0 Å². The van der Waals surface area contributed by atoms with Crippen LogP contribution in [0.25, 0.3) is 106 Å². The second-order valence-corrected chi connectivity index (χ2v) is 13.6. The number of hydrogen-bond donors (Lipinski definition) is 0. The third kappa shape index (κ3) is 4.59. The van der Waals surface area contributed by atoms with Gasteiger partial charge in [-0.1, -0.05) is 152 Å². The lowest BCUT2D eigenvalue weighted by Gasteiger charge is -2.16. The highest BCUT2D eigenvalue weighted by molar-refractivity contribution is 6.20. The lowest BCUT2D eigenvalue weighted by Crippen LogP contribution is -2.02. The third-order valence-corrected chi connectivity index (χ3v) is 10.6. The molecule has 2 heterocycles. The van der Waals surface area contributed by atoms with Crippen molar-refractivity contribution in [3.8, 4) is 73.2 Å². The van der Waals surface area contributed by atoms with Gasteiger partial charge in [-0.3, -0.25) is 0 Å². The summed E-state index contributed by atoms with van der Waals surface area (Å²) in [5.74, 6) is 1.93. The van der Waals surface area contributed by atoms with Crippen LogP contribution in [0.3, 0.4) is 0 Å². The van der Waals surface area contributed by atoms with Gasteiger partial charge >= 0.3 is 0 Å². The average molecular weight is 675 g/mol. The fourth-order valence-electron chi connectivity index (χ4n) is 8.27. The van der Waals surface area contributed by atoms with E-state index in [1.54, 1.807) is 0 Å². The molecule has 0 aliphatic heterocycles. The van der Waals surface area contributed by atoms with Crippen LogP contribution in [0, 0.1) is 0 Å². The van der Waals surface area contributed by atoms with Crippen molar-refractivity contribution in [3.63, 3.8) is 0 Å². The van der Waals surface area contributed by atoms with Crippen LogP contribution in [-0.2, 0) is 0 Å². The molecule has 4 nitrogen and oxygen atoms in total. The van der Waals surface area contributed by atoms with Gasteiger partial charge in [-0.25, -0.2) is 15.0 Å². The quantitative estimate of drug-likeness (QED) is 0.182. The van der Waals surface area contributed by atoms with E-state index in [9.17, 15) is 0 Å². The fourth-order valence-corrected chi connectivity index (χ4v) is 8.27. The maximum Gasteiger partial charge on any atom is 0.164 e. The standard InChI is InChI=1S/C49H30N4/c1-4-14-31(15-5-1)36-28-29-41(46-40-24-13-19-32-18-12-23-39(44(32)40)45(36)46)49-51-47(33-16-6-2-7-17-33)50-48(52-49)34-26-27-38-37-22-10-11-25-42(37)53(43(38)30-34)35-20-8-3-9-21-35/h1-30H. The minimum absolute atomic E-state index is 0.634. The second kappa shape index (κ2) is 11.7. The normalized spacial score (nSPS) is 11.8. The molecule has 10 aromatic rings. The van der Waals surface area contributed by atoms with Crippen molar-refractivity contribution in [3.05, 3.63) is 182 Å². The van der Waals surface area contributed by atoms with Crippen LogP contribution in [0.2, 0.25) is 0 Å². The molecule has 2 aromatic heterocycles. The van der Waals surface area contributed by atoms with Gasteiger partial charge in [-0.05, 0) is 68.9 Å². The molecule has 0 fully saturated rings. The van der Waals surface area contributed by atoms with Crippen LogP contribution in [0.5, 0.6) is 0 Å². The third-order valence-electron chi connectivity index (χ3n) is 10.6. The summed E-state index contributed by atoms with van der Waals surface area (Å²) in [6.07, 6.45) is 0. The van der Waals surface area contributed by atoms with Crippen molar-refractivity contribution < 1.29 is 0 Å². The predicted octanol–water partition coefficient (Wildman–Crippen LogP) is 12.4. The lowest BCUT2D eigenvalue weighted by atomic mass is 9.90. The van der Waals surface area contributed by atoms with E-state index in [4.69, 9.17) is 15.0 Å². The molecule has 53 heavy (non-hydrogen) atoms. The predicted molar refractivity (Wildman–Crippen MR) is 218 cm³/mol. The largest absolute Gasteiger partial charge is 0.309 e. The maximum absolute atomic E-state index is 5.34. The van der Waals surface area contributed by atoms with E-state index in [0.29, 0.717) is 17.5 Å². The maximum atomic E-state index is 5.34. The van der Waals surface area contributed by atoms with Crippen molar-refractivity contribution in [2.24, 2.45) is 0 Å². The summed E-state index contributed by atoms with van der Waals surface area (Å²) >= 11 is 0. The molecular formula is C49H30N4. The zero-order chi connectivity index (χ0) is 34.9. The Morgan fingerprint density at radius 3 is 1.64 bits per heavy atom. The van der Waals surface area contributed by atoms with E-state index in [0.717, 1.165) is 39.0 Å². The summed E-state index contributed by atoms with van der Waals surface area (Å²) in [5, 5.41) is 4.89. The number of benzene rings is 8. The number of nitrogens with zero attached hydrogens (tertiary/aromatic N) is 4. The first kappa shape index (κ1) is 29.5. The summed E-state index contributed by atoms with van der Waals surface area (Å²) in [5.41, 5.74) is 13.5. The molecule has 0 radical (unpaired) electrons. The van der Waals surface area contributed by atoms with E-state index in [1.807, 2.05) is 18.2 Å². The van der Waals surface area contributed by atoms with Gasteiger partial charge in [-0.2, -0.15) is 0 Å². The van der Waals surface area contributed by atoms with Gasteiger partial charge in [0.25, 0.3) is 0 Å². The zero-order valence-corrected chi connectivity index (χ0v) is 28.6. The Labute approximate surface area is 306 Å². The summed E-state index contributed by atoms with van der Waals surface area (Å²) in [6, 6.07) is 64.3. The van der Waals surface area contributed by atoms with Gasteiger partial charge in [0.05, 0.1) is 11.0 Å². The molecule has 0 atom stereocenters. The molecule has 8 aromatic carbocycles. The Kier molecular flexibility index (Phi) is 6.52. The number of hydrogen-bond acceptors (Lipinski definition) is 3. The Bertz CT molecular complexity index is 3030. The van der Waals surface area contributed by atoms with Crippen LogP contribution in [0.4, 0.5) is 0 Å². The van der Waals surface area contributed by atoms with Crippen molar-refractivity contribution >= 4 is 32.6 Å². The van der Waals surface area contributed by atoms with Gasteiger partial charge in [0.15, 0.2) is 17.5 Å². The molecule has 0 amide bonds. The van der Waals surface area contributed by atoms with E-state index in [2.05, 4.69) is 168 Å². The van der Waals surface area contributed by atoms with Gasteiger partial charge in [0.1, 0.15) is 0 Å². The topological polar surface area (TPSA) is 43.6 Å². The van der Waals surface area contributed by atoms with Crippen LogP contribution in [0.15, 0.2) is 182 Å².